The van der Waals surface area contributed by atoms with E-state index in [4.69, 9.17) is 9.47 Å². The van der Waals surface area contributed by atoms with Gasteiger partial charge >= 0.3 is 0 Å². The number of amides is 2. The molecule has 0 aromatic heterocycles. The average Bonchev–Trinajstić information content (AvgIpc) is 3.45. The number of rotatable bonds is 5. The summed E-state index contributed by atoms with van der Waals surface area (Å²) in [5.41, 5.74) is 1.87. The first-order valence-electron chi connectivity index (χ1n) is 10.7. The smallest absolute Gasteiger partial charge is 0.251 e. The van der Waals surface area contributed by atoms with Crippen LogP contribution in [0.5, 0.6) is 11.5 Å². The van der Waals surface area contributed by atoms with Crippen LogP contribution in [0.1, 0.15) is 37.7 Å². The number of hydrogen-bond acceptors (Lipinski definition) is 4. The summed E-state index contributed by atoms with van der Waals surface area (Å²) in [5.74, 6) is 0.488. The Morgan fingerprint density at radius 2 is 1.83 bits per heavy atom. The number of ether oxygens (including phenoxy) is 2. The van der Waals surface area contributed by atoms with Crippen molar-refractivity contribution in [2.75, 3.05) is 18.4 Å². The number of hydrogen-bond donors (Lipinski definition) is 1. The molecule has 1 N–H and O–H groups in total. The SMILES string of the molecule is O=C(Nc1ccc2c(c1)OC1(CCCC1)O2)C1CC(=O)N(CCc2ccccc2)C1. The van der Waals surface area contributed by atoms with Crippen LogP contribution >= 0.6 is 0 Å². The van der Waals surface area contributed by atoms with Crippen molar-refractivity contribution in [3.63, 3.8) is 0 Å². The van der Waals surface area contributed by atoms with E-state index in [1.807, 2.05) is 36.4 Å². The predicted octanol–water partition coefficient (Wildman–Crippen LogP) is 3.76. The zero-order valence-corrected chi connectivity index (χ0v) is 16.9. The second kappa shape index (κ2) is 7.67. The average molecular weight is 406 g/mol. The molecule has 1 saturated heterocycles. The van der Waals surface area contributed by atoms with Gasteiger partial charge in [0.25, 0.3) is 5.79 Å². The number of carbonyl (C=O) groups excluding carboxylic acids is 2. The summed E-state index contributed by atoms with van der Waals surface area (Å²) in [5, 5.41) is 2.95. The molecular weight excluding hydrogens is 380 g/mol. The van der Waals surface area contributed by atoms with Crippen molar-refractivity contribution in [2.45, 2.75) is 44.3 Å². The lowest BCUT2D eigenvalue weighted by Crippen LogP contribution is -2.34. The molecule has 2 fully saturated rings. The van der Waals surface area contributed by atoms with Crippen molar-refractivity contribution in [1.82, 2.24) is 4.90 Å². The molecule has 2 heterocycles. The van der Waals surface area contributed by atoms with Crippen LogP contribution in [0.4, 0.5) is 5.69 Å². The molecule has 2 aromatic carbocycles. The molecule has 1 atom stereocenters. The molecule has 0 bridgehead atoms. The molecule has 1 spiro atoms. The summed E-state index contributed by atoms with van der Waals surface area (Å²) in [4.78, 5) is 26.9. The largest absolute Gasteiger partial charge is 0.448 e. The molecular formula is C24H26N2O4. The molecule has 0 radical (unpaired) electrons. The first-order chi connectivity index (χ1) is 14.6. The van der Waals surface area contributed by atoms with Crippen molar-refractivity contribution in [1.29, 1.82) is 0 Å². The minimum absolute atomic E-state index is 0.0416. The van der Waals surface area contributed by atoms with Crippen LogP contribution in [0.25, 0.3) is 0 Å². The minimum Gasteiger partial charge on any atom is -0.448 e. The van der Waals surface area contributed by atoms with E-state index in [0.29, 0.717) is 24.5 Å². The number of nitrogens with zero attached hydrogens (tertiary/aromatic N) is 1. The van der Waals surface area contributed by atoms with Gasteiger partial charge in [-0.2, -0.15) is 0 Å². The molecule has 2 amide bonds. The second-order valence-corrected chi connectivity index (χ2v) is 8.45. The van der Waals surface area contributed by atoms with Crippen LogP contribution in [0, 0.1) is 5.92 Å². The van der Waals surface area contributed by atoms with Gasteiger partial charge in [0.1, 0.15) is 0 Å². The van der Waals surface area contributed by atoms with Crippen LogP contribution in [0.3, 0.4) is 0 Å². The molecule has 6 nitrogen and oxygen atoms in total. The standard InChI is InChI=1S/C24H26N2O4/c27-22-14-18(16-26(22)13-10-17-6-2-1-3-7-17)23(28)25-19-8-9-20-21(15-19)30-24(29-20)11-4-5-12-24/h1-3,6-9,15,18H,4-5,10-14,16H2,(H,25,28). The normalized spacial score (nSPS) is 21.4. The van der Waals surface area contributed by atoms with Crippen LogP contribution in [-0.2, 0) is 16.0 Å². The van der Waals surface area contributed by atoms with E-state index in [0.717, 1.165) is 37.9 Å². The van der Waals surface area contributed by atoms with E-state index in [9.17, 15) is 9.59 Å². The van der Waals surface area contributed by atoms with Gasteiger partial charge in [0.05, 0.1) is 5.92 Å². The highest BCUT2D eigenvalue weighted by Crippen LogP contribution is 2.47. The highest BCUT2D eigenvalue weighted by atomic mass is 16.7. The molecule has 1 saturated carbocycles. The van der Waals surface area contributed by atoms with E-state index in [2.05, 4.69) is 17.4 Å². The Morgan fingerprint density at radius 1 is 1.07 bits per heavy atom. The summed E-state index contributed by atoms with van der Waals surface area (Å²) in [6.45, 7) is 1.10. The quantitative estimate of drug-likeness (QED) is 0.821. The fraction of sp³-hybridized carbons (Fsp3) is 0.417. The molecule has 2 aliphatic heterocycles. The van der Waals surface area contributed by atoms with Gasteiger partial charge < -0.3 is 19.7 Å². The number of carbonyl (C=O) groups is 2. The van der Waals surface area contributed by atoms with Crippen LogP contribution in [-0.4, -0.2) is 35.6 Å². The van der Waals surface area contributed by atoms with Crippen molar-refractivity contribution in [3.8, 4) is 11.5 Å². The Hall–Kier alpha value is -3.02. The molecule has 2 aromatic rings. The van der Waals surface area contributed by atoms with Gasteiger partial charge in [-0.25, -0.2) is 0 Å². The second-order valence-electron chi connectivity index (χ2n) is 8.45. The third-order valence-corrected chi connectivity index (χ3v) is 6.27. The Bertz CT molecular complexity index is 953. The van der Waals surface area contributed by atoms with Crippen molar-refractivity contribution < 1.29 is 19.1 Å². The highest BCUT2D eigenvalue weighted by Gasteiger charge is 2.44. The molecule has 3 aliphatic rings. The Morgan fingerprint density at radius 3 is 2.63 bits per heavy atom. The molecule has 5 rings (SSSR count). The third-order valence-electron chi connectivity index (χ3n) is 6.27. The number of fused-ring (bicyclic) bond motifs is 1. The zero-order chi connectivity index (χ0) is 20.6. The number of benzene rings is 2. The van der Waals surface area contributed by atoms with Gasteiger partial charge in [-0.1, -0.05) is 30.3 Å². The lowest BCUT2D eigenvalue weighted by Gasteiger charge is -2.21. The van der Waals surface area contributed by atoms with Gasteiger partial charge in [0.2, 0.25) is 11.8 Å². The van der Waals surface area contributed by atoms with E-state index in [1.54, 1.807) is 4.90 Å². The van der Waals surface area contributed by atoms with Gasteiger partial charge in [-0.05, 0) is 37.0 Å². The lowest BCUT2D eigenvalue weighted by atomic mass is 10.1. The Kier molecular flexibility index (Phi) is 4.85. The molecule has 1 aliphatic carbocycles. The maximum atomic E-state index is 12.8. The Balaban J connectivity index is 1.18. The van der Waals surface area contributed by atoms with Crippen molar-refractivity contribution in [2.24, 2.45) is 5.92 Å². The summed E-state index contributed by atoms with van der Waals surface area (Å²) in [6, 6.07) is 15.6. The van der Waals surface area contributed by atoms with Gasteiger partial charge in [0.15, 0.2) is 11.5 Å². The minimum atomic E-state index is -0.512. The highest BCUT2D eigenvalue weighted by molar-refractivity contribution is 5.97. The van der Waals surface area contributed by atoms with Crippen LogP contribution in [0.2, 0.25) is 0 Å². The van der Waals surface area contributed by atoms with E-state index in [-0.39, 0.29) is 24.2 Å². The summed E-state index contributed by atoms with van der Waals surface area (Å²) < 4.78 is 12.1. The van der Waals surface area contributed by atoms with Crippen molar-refractivity contribution >= 4 is 17.5 Å². The topological polar surface area (TPSA) is 67.9 Å². The summed E-state index contributed by atoms with van der Waals surface area (Å²) in [6.07, 6.45) is 5.06. The lowest BCUT2D eigenvalue weighted by molar-refractivity contribution is -0.128. The fourth-order valence-electron chi connectivity index (χ4n) is 4.61. The van der Waals surface area contributed by atoms with Crippen LogP contribution in [0.15, 0.2) is 48.5 Å². The van der Waals surface area contributed by atoms with Gasteiger partial charge in [-0.15, -0.1) is 0 Å². The summed E-state index contributed by atoms with van der Waals surface area (Å²) >= 11 is 0. The number of likely N-dealkylation sites (tertiary alicyclic amines) is 1. The predicted molar refractivity (Wildman–Crippen MR) is 112 cm³/mol. The maximum absolute atomic E-state index is 12.8. The Labute approximate surface area is 176 Å². The first kappa shape index (κ1) is 19.0. The number of anilines is 1. The third kappa shape index (κ3) is 3.74. The van der Waals surface area contributed by atoms with Crippen molar-refractivity contribution in [3.05, 3.63) is 54.1 Å². The monoisotopic (exact) mass is 406 g/mol. The summed E-state index contributed by atoms with van der Waals surface area (Å²) in [7, 11) is 0. The molecule has 156 valence electrons. The van der Waals surface area contributed by atoms with E-state index < -0.39 is 5.79 Å². The molecule has 1 unspecified atom stereocenters. The zero-order valence-electron chi connectivity index (χ0n) is 16.9. The molecule has 30 heavy (non-hydrogen) atoms. The first-order valence-corrected chi connectivity index (χ1v) is 10.7. The van der Waals surface area contributed by atoms with Gasteiger partial charge in [-0.3, -0.25) is 9.59 Å². The fourth-order valence-corrected chi connectivity index (χ4v) is 4.61. The van der Waals surface area contributed by atoms with Crippen LogP contribution < -0.4 is 14.8 Å². The van der Waals surface area contributed by atoms with Gasteiger partial charge in [0, 0.05) is 44.1 Å². The van der Waals surface area contributed by atoms with E-state index in [1.165, 1.54) is 5.56 Å². The maximum Gasteiger partial charge on any atom is 0.251 e. The number of nitrogens with one attached hydrogen (secondary N) is 1. The van der Waals surface area contributed by atoms with E-state index >= 15 is 0 Å². The molecule has 6 heteroatoms.